The summed E-state index contributed by atoms with van der Waals surface area (Å²) in [5.41, 5.74) is 5.64. The summed E-state index contributed by atoms with van der Waals surface area (Å²) in [6.45, 7) is 1.98. The van der Waals surface area contributed by atoms with Crippen LogP contribution in [0.4, 0.5) is 0 Å². The second-order valence-electron chi connectivity index (χ2n) is 4.71. The Bertz CT molecular complexity index is 417. The van der Waals surface area contributed by atoms with E-state index in [0.717, 1.165) is 32.1 Å². The maximum Gasteiger partial charge on any atom is 0.491 e. The quantitative estimate of drug-likeness (QED) is 0.829. The van der Waals surface area contributed by atoms with Gasteiger partial charge in [0.15, 0.2) is 0 Å². The number of oxime groups is 1. The van der Waals surface area contributed by atoms with Crippen LogP contribution in [-0.2, 0) is 19.0 Å². The molecule has 2 aliphatic rings. The highest BCUT2D eigenvalue weighted by Gasteiger charge is 2.36. The number of nitrogens with two attached hydrogens (primary N) is 1. The topological polar surface area (TPSA) is 94.2 Å². The molecular weight excluding hydrogens is 258 g/mol. The smallest absolute Gasteiger partial charge is 0.365 e. The number of hydrogen-bond donors (Lipinski definition) is 1. The van der Waals surface area contributed by atoms with Crippen LogP contribution in [0.1, 0.15) is 45.4 Å². The first-order valence-electron chi connectivity index (χ1n) is 6.29. The molecule has 0 aromatic rings. The van der Waals surface area contributed by atoms with Crippen molar-refractivity contribution in [2.45, 2.75) is 51.5 Å². The van der Waals surface area contributed by atoms with Crippen LogP contribution in [0.2, 0.25) is 0 Å². The minimum Gasteiger partial charge on any atom is -0.365 e. The molecule has 0 aromatic heterocycles. The van der Waals surface area contributed by atoms with Crippen LogP contribution in [-0.4, -0.2) is 25.5 Å². The van der Waals surface area contributed by atoms with Gasteiger partial charge in [0.1, 0.15) is 0 Å². The molecule has 7 nitrogen and oxygen atoms in total. The molecule has 0 saturated heterocycles. The number of nitrogens with zero attached hydrogens (tertiary/aromatic N) is 2. The fraction of sp³-hybridized carbons (Fsp3) is 0.900. The van der Waals surface area contributed by atoms with Crippen LogP contribution in [0.25, 0.3) is 0 Å². The molecule has 0 spiro atoms. The van der Waals surface area contributed by atoms with Crippen molar-refractivity contribution >= 4 is 16.4 Å². The standard InChI is InChI=1S/C10H19N3O4S/c1-2-9(8-6-4-3-5-7-8)13-10(11)12-16-18(14,15)17-13/h8-9H,2-7H2,1H3,(H2,11,12). The van der Waals surface area contributed by atoms with Crippen molar-refractivity contribution < 1.29 is 17.0 Å². The molecule has 0 amide bonds. The summed E-state index contributed by atoms with van der Waals surface area (Å²) in [6.07, 6.45) is 6.43. The van der Waals surface area contributed by atoms with Gasteiger partial charge in [-0.05, 0) is 30.3 Å². The second kappa shape index (κ2) is 5.31. The molecule has 104 valence electrons. The van der Waals surface area contributed by atoms with Crippen molar-refractivity contribution in [3.05, 3.63) is 0 Å². The Morgan fingerprint density at radius 3 is 2.72 bits per heavy atom. The molecule has 18 heavy (non-hydrogen) atoms. The lowest BCUT2D eigenvalue weighted by molar-refractivity contribution is -0.0709. The number of hydrogen-bond acceptors (Lipinski definition) is 7. The van der Waals surface area contributed by atoms with E-state index in [1.165, 1.54) is 11.5 Å². The van der Waals surface area contributed by atoms with Gasteiger partial charge in [0.05, 0.1) is 6.04 Å². The summed E-state index contributed by atoms with van der Waals surface area (Å²) in [5, 5.41) is 4.52. The third kappa shape index (κ3) is 2.86. The van der Waals surface area contributed by atoms with Crippen LogP contribution < -0.4 is 5.73 Å². The van der Waals surface area contributed by atoms with Crippen LogP contribution in [0.15, 0.2) is 5.16 Å². The molecule has 1 atom stereocenters. The van der Waals surface area contributed by atoms with Crippen molar-refractivity contribution in [1.29, 1.82) is 0 Å². The molecule has 1 fully saturated rings. The minimum atomic E-state index is -4.10. The highest BCUT2D eigenvalue weighted by molar-refractivity contribution is 7.81. The zero-order valence-corrected chi connectivity index (χ0v) is 11.2. The average molecular weight is 277 g/mol. The van der Waals surface area contributed by atoms with Gasteiger partial charge < -0.3 is 5.73 Å². The number of guanidine groups is 1. The average Bonchev–Trinajstić information content (AvgIpc) is 2.36. The van der Waals surface area contributed by atoms with Gasteiger partial charge in [-0.25, -0.2) is 4.28 Å². The molecule has 0 bridgehead atoms. The van der Waals surface area contributed by atoms with Gasteiger partial charge in [-0.3, -0.25) is 0 Å². The largest absolute Gasteiger partial charge is 0.491 e. The highest BCUT2D eigenvalue weighted by Crippen LogP contribution is 2.31. The molecule has 1 aliphatic heterocycles. The third-order valence-corrected chi connectivity index (χ3v) is 4.13. The maximum absolute atomic E-state index is 11.3. The highest BCUT2D eigenvalue weighted by atomic mass is 32.3. The zero-order chi connectivity index (χ0) is 13.2. The summed E-state index contributed by atoms with van der Waals surface area (Å²) in [7, 11) is -4.10. The molecule has 0 radical (unpaired) electrons. The van der Waals surface area contributed by atoms with Gasteiger partial charge in [0, 0.05) is 0 Å². The lowest BCUT2D eigenvalue weighted by atomic mass is 9.83. The predicted octanol–water partition coefficient (Wildman–Crippen LogP) is 1.08. The van der Waals surface area contributed by atoms with Crippen molar-refractivity contribution in [3.63, 3.8) is 0 Å². The first-order chi connectivity index (χ1) is 8.53. The number of hydroxylamine groups is 2. The van der Waals surface area contributed by atoms with E-state index < -0.39 is 10.4 Å². The fourth-order valence-corrected chi connectivity index (χ4v) is 3.29. The Morgan fingerprint density at radius 2 is 2.11 bits per heavy atom. The zero-order valence-electron chi connectivity index (χ0n) is 10.4. The molecule has 1 heterocycles. The summed E-state index contributed by atoms with van der Waals surface area (Å²) >= 11 is 0. The van der Waals surface area contributed by atoms with Gasteiger partial charge in [0.2, 0.25) is 0 Å². The summed E-state index contributed by atoms with van der Waals surface area (Å²) in [5.74, 6) is 0.341. The van der Waals surface area contributed by atoms with E-state index in [4.69, 9.17) is 10.0 Å². The van der Waals surface area contributed by atoms with Crippen molar-refractivity contribution in [2.24, 2.45) is 16.8 Å². The van der Waals surface area contributed by atoms with Crippen molar-refractivity contribution in [3.8, 4) is 0 Å². The van der Waals surface area contributed by atoms with Gasteiger partial charge in [0.25, 0.3) is 5.96 Å². The molecule has 2 rings (SSSR count). The van der Waals surface area contributed by atoms with Crippen LogP contribution in [0.5, 0.6) is 0 Å². The van der Waals surface area contributed by atoms with Gasteiger partial charge in [-0.15, -0.1) is 4.28 Å². The van der Waals surface area contributed by atoms with Gasteiger partial charge in [-0.2, -0.15) is 13.5 Å². The summed E-state index contributed by atoms with van der Waals surface area (Å²) in [6, 6.07) is -0.0762. The Morgan fingerprint density at radius 1 is 1.44 bits per heavy atom. The van der Waals surface area contributed by atoms with E-state index in [-0.39, 0.29) is 12.0 Å². The molecular formula is C10H19N3O4S. The normalized spacial score (nSPS) is 26.3. The van der Waals surface area contributed by atoms with E-state index in [1.807, 2.05) is 6.92 Å². The lowest BCUT2D eigenvalue weighted by Crippen LogP contribution is -2.51. The summed E-state index contributed by atoms with van der Waals surface area (Å²) in [4.78, 5) is 0. The van der Waals surface area contributed by atoms with E-state index in [9.17, 15) is 8.42 Å². The van der Waals surface area contributed by atoms with Crippen molar-refractivity contribution in [1.82, 2.24) is 5.06 Å². The Labute approximate surface area is 107 Å². The Kier molecular flexibility index (Phi) is 3.96. The SMILES string of the molecule is CCC(C1CCCCC1)N1OS(=O)(=O)ON=C1N. The van der Waals surface area contributed by atoms with E-state index >= 15 is 0 Å². The first-order valence-corrected chi connectivity index (χ1v) is 7.62. The van der Waals surface area contributed by atoms with E-state index in [0.29, 0.717) is 5.92 Å². The molecule has 1 unspecified atom stereocenters. The Balaban J connectivity index is 2.15. The third-order valence-electron chi connectivity index (χ3n) is 3.53. The van der Waals surface area contributed by atoms with Crippen LogP contribution in [0.3, 0.4) is 0 Å². The fourth-order valence-electron chi connectivity index (χ4n) is 2.71. The number of rotatable bonds is 3. The van der Waals surface area contributed by atoms with Crippen LogP contribution >= 0.6 is 0 Å². The molecule has 0 aromatic carbocycles. The predicted molar refractivity (Wildman–Crippen MR) is 65.2 cm³/mol. The van der Waals surface area contributed by atoms with Crippen LogP contribution in [0, 0.1) is 5.92 Å². The molecule has 8 heteroatoms. The Hall–Kier alpha value is -1.02. The minimum absolute atomic E-state index is 0.0396. The van der Waals surface area contributed by atoms with Crippen molar-refractivity contribution in [2.75, 3.05) is 0 Å². The van der Waals surface area contributed by atoms with E-state index in [1.54, 1.807) is 0 Å². The van der Waals surface area contributed by atoms with E-state index in [2.05, 4.69) is 9.44 Å². The van der Waals surface area contributed by atoms with Gasteiger partial charge >= 0.3 is 10.4 Å². The molecule has 2 N–H and O–H groups in total. The summed E-state index contributed by atoms with van der Waals surface area (Å²) < 4.78 is 31.5. The lowest BCUT2D eigenvalue weighted by Gasteiger charge is -2.37. The van der Waals surface area contributed by atoms with Gasteiger partial charge in [-0.1, -0.05) is 26.2 Å². The second-order valence-corrected chi connectivity index (χ2v) is 5.82. The molecule has 1 saturated carbocycles. The maximum atomic E-state index is 11.3. The molecule has 1 aliphatic carbocycles. The first kappa shape index (κ1) is 13.4. The monoisotopic (exact) mass is 277 g/mol.